The van der Waals surface area contributed by atoms with Crippen LogP contribution in [0.3, 0.4) is 0 Å². The highest BCUT2D eigenvalue weighted by Gasteiger charge is 2.15. The lowest BCUT2D eigenvalue weighted by Crippen LogP contribution is -2.43. The van der Waals surface area contributed by atoms with Crippen LogP contribution in [-0.2, 0) is 4.79 Å². The number of amides is 2. The average molecular weight is 419 g/mol. The van der Waals surface area contributed by atoms with E-state index in [2.05, 4.69) is 16.0 Å². The van der Waals surface area contributed by atoms with Crippen molar-refractivity contribution in [2.75, 3.05) is 6.61 Å². The first kappa shape index (κ1) is 19.4. The van der Waals surface area contributed by atoms with Gasteiger partial charge in [0.2, 0.25) is 0 Å². The van der Waals surface area contributed by atoms with E-state index in [0.29, 0.717) is 11.5 Å². The fourth-order valence-electron chi connectivity index (χ4n) is 2.74. The van der Waals surface area contributed by atoms with Crippen molar-refractivity contribution in [1.29, 1.82) is 0 Å². The Morgan fingerprint density at radius 1 is 0.967 bits per heavy atom. The Labute approximate surface area is 176 Å². The molecule has 2 amide bonds. The smallest absolute Gasteiger partial charge is 0.291 e. The monoisotopic (exact) mass is 419 g/mol. The number of hydrogen-bond donors (Lipinski definition) is 2. The van der Waals surface area contributed by atoms with Crippen LogP contribution >= 0.6 is 11.3 Å². The molecule has 0 spiro atoms. The first-order valence-corrected chi connectivity index (χ1v) is 9.96. The zero-order chi connectivity index (χ0) is 20.8. The third-order valence-electron chi connectivity index (χ3n) is 4.15. The summed E-state index contributed by atoms with van der Waals surface area (Å²) in [4.78, 5) is 25.1. The van der Waals surface area contributed by atoms with Crippen LogP contribution in [0.5, 0.6) is 5.75 Å². The summed E-state index contributed by atoms with van der Waals surface area (Å²) in [5.74, 6) is -0.0302. The van der Waals surface area contributed by atoms with Gasteiger partial charge in [0.25, 0.3) is 11.8 Å². The summed E-state index contributed by atoms with van der Waals surface area (Å²) < 4.78 is 10.8. The Morgan fingerprint density at radius 2 is 1.77 bits per heavy atom. The minimum atomic E-state index is -0.584. The highest BCUT2D eigenvalue weighted by atomic mass is 32.1. The van der Waals surface area contributed by atoms with Gasteiger partial charge < -0.3 is 9.26 Å². The molecule has 0 aliphatic carbocycles. The second kappa shape index (κ2) is 9.06. The van der Waals surface area contributed by atoms with Crippen LogP contribution < -0.4 is 15.6 Å². The minimum Gasteiger partial charge on any atom is -0.483 e. The maximum atomic E-state index is 12.2. The minimum absolute atomic E-state index is 0.0639. The van der Waals surface area contributed by atoms with Gasteiger partial charge in [-0.05, 0) is 23.1 Å². The number of para-hydroxylation sites is 1. The van der Waals surface area contributed by atoms with Gasteiger partial charge in [-0.15, -0.1) is 11.3 Å². The van der Waals surface area contributed by atoms with Crippen LogP contribution in [-0.4, -0.2) is 23.6 Å². The number of nitrogens with zero attached hydrogens (tertiary/aromatic N) is 1. The number of ether oxygens (including phenoxy) is 1. The van der Waals surface area contributed by atoms with Crippen LogP contribution in [0.1, 0.15) is 10.5 Å². The van der Waals surface area contributed by atoms with E-state index in [1.54, 1.807) is 6.07 Å². The topological polar surface area (TPSA) is 93.5 Å². The molecular formula is C22H17N3O4S. The first-order chi connectivity index (χ1) is 14.7. The largest absolute Gasteiger partial charge is 0.483 e. The van der Waals surface area contributed by atoms with Gasteiger partial charge in [0.05, 0.1) is 4.88 Å². The highest BCUT2D eigenvalue weighted by molar-refractivity contribution is 7.13. The molecule has 8 heteroatoms. The summed E-state index contributed by atoms with van der Waals surface area (Å²) in [6.07, 6.45) is 0. The number of thiophene rings is 1. The fourth-order valence-corrected chi connectivity index (χ4v) is 3.41. The van der Waals surface area contributed by atoms with Crippen molar-refractivity contribution in [3.05, 3.63) is 83.9 Å². The molecule has 0 saturated heterocycles. The van der Waals surface area contributed by atoms with Crippen molar-refractivity contribution in [2.24, 2.45) is 0 Å². The van der Waals surface area contributed by atoms with Crippen LogP contribution in [0.15, 0.2) is 82.7 Å². The maximum Gasteiger partial charge on any atom is 0.291 e. The summed E-state index contributed by atoms with van der Waals surface area (Å²) in [5.41, 5.74) is 6.53. The maximum absolute atomic E-state index is 12.2. The van der Waals surface area contributed by atoms with Crippen molar-refractivity contribution in [1.82, 2.24) is 16.0 Å². The van der Waals surface area contributed by atoms with E-state index in [1.165, 1.54) is 17.4 Å². The molecule has 2 heterocycles. The number of rotatable bonds is 6. The van der Waals surface area contributed by atoms with Gasteiger partial charge in [-0.1, -0.05) is 59.8 Å². The quantitative estimate of drug-likeness (QED) is 0.462. The van der Waals surface area contributed by atoms with Crippen LogP contribution in [0.2, 0.25) is 0 Å². The molecule has 2 N–H and O–H groups in total. The van der Waals surface area contributed by atoms with Crippen LogP contribution in [0.4, 0.5) is 0 Å². The van der Waals surface area contributed by atoms with Gasteiger partial charge in [0.1, 0.15) is 5.75 Å². The number of hydrogen-bond acceptors (Lipinski definition) is 6. The molecule has 0 radical (unpaired) electrons. The predicted octanol–water partition coefficient (Wildman–Crippen LogP) is 3.91. The Balaban J connectivity index is 1.31. The molecule has 0 bridgehead atoms. The van der Waals surface area contributed by atoms with Crippen molar-refractivity contribution in [3.8, 4) is 27.5 Å². The van der Waals surface area contributed by atoms with E-state index in [4.69, 9.17) is 9.26 Å². The zero-order valence-corrected chi connectivity index (χ0v) is 16.5. The van der Waals surface area contributed by atoms with Gasteiger partial charge in [-0.2, -0.15) is 0 Å². The van der Waals surface area contributed by atoms with E-state index < -0.39 is 11.8 Å². The number of nitrogens with one attached hydrogen (secondary N) is 2. The van der Waals surface area contributed by atoms with E-state index >= 15 is 0 Å². The lowest BCUT2D eigenvalue weighted by atomic mass is 10.1. The summed E-state index contributed by atoms with van der Waals surface area (Å²) in [7, 11) is 0. The molecule has 2 aromatic carbocycles. The Kier molecular flexibility index (Phi) is 5.86. The van der Waals surface area contributed by atoms with E-state index in [1.807, 2.05) is 66.0 Å². The van der Waals surface area contributed by atoms with Gasteiger partial charge in [-0.3, -0.25) is 20.4 Å². The van der Waals surface area contributed by atoms with Gasteiger partial charge in [0.15, 0.2) is 18.1 Å². The SMILES string of the molecule is O=C(COc1ccccc1-c1ccccc1)NNC(=O)c1cc(-c2cccs2)on1. The number of carbonyl (C=O) groups excluding carboxylic acids is 2. The molecule has 150 valence electrons. The van der Waals surface area contributed by atoms with Crippen molar-refractivity contribution >= 4 is 23.2 Å². The summed E-state index contributed by atoms with van der Waals surface area (Å²) in [5, 5.41) is 5.62. The summed E-state index contributed by atoms with van der Waals surface area (Å²) >= 11 is 1.47. The summed E-state index contributed by atoms with van der Waals surface area (Å²) in [6.45, 7) is -0.261. The van der Waals surface area contributed by atoms with Crippen molar-refractivity contribution in [2.45, 2.75) is 0 Å². The lowest BCUT2D eigenvalue weighted by Gasteiger charge is -2.12. The molecular weight excluding hydrogens is 402 g/mol. The number of carbonyl (C=O) groups is 2. The van der Waals surface area contributed by atoms with E-state index in [9.17, 15) is 9.59 Å². The molecule has 2 aromatic heterocycles. The molecule has 0 fully saturated rings. The molecule has 0 aliphatic heterocycles. The van der Waals surface area contributed by atoms with Gasteiger partial charge in [0, 0.05) is 11.6 Å². The van der Waals surface area contributed by atoms with E-state index in [0.717, 1.165) is 16.0 Å². The Bertz CT molecular complexity index is 1140. The Hall–Kier alpha value is -3.91. The van der Waals surface area contributed by atoms with E-state index in [-0.39, 0.29) is 12.3 Å². The lowest BCUT2D eigenvalue weighted by molar-refractivity contribution is -0.123. The highest BCUT2D eigenvalue weighted by Crippen LogP contribution is 2.29. The number of aromatic nitrogens is 1. The third-order valence-corrected chi connectivity index (χ3v) is 5.04. The van der Waals surface area contributed by atoms with Crippen LogP contribution in [0.25, 0.3) is 21.8 Å². The second-order valence-corrected chi connectivity index (χ2v) is 7.15. The molecule has 0 unspecified atom stereocenters. The molecule has 0 saturated carbocycles. The molecule has 7 nitrogen and oxygen atoms in total. The normalized spacial score (nSPS) is 10.4. The molecule has 0 aliphatic rings. The molecule has 4 aromatic rings. The molecule has 4 rings (SSSR count). The fraction of sp³-hybridized carbons (Fsp3) is 0.0455. The summed E-state index contributed by atoms with van der Waals surface area (Å²) in [6, 6.07) is 22.4. The standard InChI is InChI=1S/C22H17N3O4S/c26-21(14-28-18-10-5-4-9-16(18)15-7-2-1-3-8-15)23-24-22(27)17-13-19(29-25-17)20-11-6-12-30-20/h1-13H,14H2,(H,23,26)(H,24,27). The van der Waals surface area contributed by atoms with Crippen molar-refractivity contribution < 1.29 is 18.8 Å². The van der Waals surface area contributed by atoms with Gasteiger partial charge >= 0.3 is 0 Å². The second-order valence-electron chi connectivity index (χ2n) is 6.21. The number of benzene rings is 2. The predicted molar refractivity (Wildman–Crippen MR) is 113 cm³/mol. The zero-order valence-electron chi connectivity index (χ0n) is 15.7. The first-order valence-electron chi connectivity index (χ1n) is 9.08. The Morgan fingerprint density at radius 3 is 2.57 bits per heavy atom. The average Bonchev–Trinajstić information content (AvgIpc) is 3.49. The molecule has 30 heavy (non-hydrogen) atoms. The number of hydrazine groups is 1. The third kappa shape index (κ3) is 4.56. The van der Waals surface area contributed by atoms with Crippen LogP contribution in [0, 0.1) is 0 Å². The molecule has 0 atom stereocenters. The van der Waals surface area contributed by atoms with Gasteiger partial charge in [-0.25, -0.2) is 0 Å². The van der Waals surface area contributed by atoms with Crippen molar-refractivity contribution in [3.63, 3.8) is 0 Å².